The Kier molecular flexibility index (Phi) is 7.41. The predicted octanol–water partition coefficient (Wildman–Crippen LogP) is 4.43. The van der Waals surface area contributed by atoms with Crippen LogP contribution in [0, 0.1) is 0 Å². The molecule has 0 saturated heterocycles. The second-order valence-corrected chi connectivity index (χ2v) is 10.0. The van der Waals surface area contributed by atoms with Crippen LogP contribution in [-0.4, -0.2) is 44.6 Å². The van der Waals surface area contributed by atoms with E-state index in [4.69, 9.17) is 18.9 Å². The van der Waals surface area contributed by atoms with Crippen molar-refractivity contribution in [3.8, 4) is 28.7 Å². The minimum absolute atomic E-state index is 0.0132. The quantitative estimate of drug-likeness (QED) is 0.319. The number of rotatable bonds is 9. The normalized spacial score (nSPS) is 11.9. The van der Waals surface area contributed by atoms with Crippen LogP contribution in [0.3, 0.4) is 0 Å². The van der Waals surface area contributed by atoms with Crippen molar-refractivity contribution < 1.29 is 40.5 Å². The Morgan fingerprint density at radius 3 is 2.13 bits per heavy atom. The second kappa shape index (κ2) is 10.4. The number of halogens is 3. The first kappa shape index (κ1) is 27.7. The number of methoxy groups -OCH3 is 2. The largest absolute Gasteiger partial charge is 0.493 e. The van der Waals surface area contributed by atoms with Crippen LogP contribution in [0.2, 0.25) is 0 Å². The lowest BCUT2D eigenvalue weighted by Crippen LogP contribution is -2.19. The molecule has 0 bridgehead atoms. The lowest BCUT2D eigenvalue weighted by Gasteiger charge is -2.16. The van der Waals surface area contributed by atoms with Gasteiger partial charge in [-0.05, 0) is 30.3 Å². The molecule has 208 valence electrons. The van der Waals surface area contributed by atoms with Crippen molar-refractivity contribution >= 4 is 26.7 Å². The van der Waals surface area contributed by atoms with Crippen molar-refractivity contribution in [1.82, 2.24) is 9.13 Å². The van der Waals surface area contributed by atoms with Crippen molar-refractivity contribution in [2.75, 3.05) is 25.5 Å². The molecule has 4 aromatic rings. The number of benzene rings is 3. The smallest absolute Gasteiger partial charge is 0.422 e. The van der Waals surface area contributed by atoms with Gasteiger partial charge in [-0.25, -0.2) is 13.2 Å². The number of ether oxygens (including phenoxy) is 4. The standard InChI is InChI=1S/C25H24F3N3O7S/c1-30-19-12-18(29-39(33,34)17-8-9-21(35-3)23(11-17)36-4)22(13-20(19)31(2)24(30)32)38-16-7-5-6-15(10-16)37-14-25(26,27)28/h5-13,29H,14H2,1-4H3. The molecule has 1 aromatic heterocycles. The monoisotopic (exact) mass is 567 g/mol. The summed E-state index contributed by atoms with van der Waals surface area (Å²) in [4.78, 5) is 12.4. The maximum Gasteiger partial charge on any atom is 0.422 e. The number of hydrogen-bond acceptors (Lipinski definition) is 7. The van der Waals surface area contributed by atoms with E-state index >= 15 is 0 Å². The highest BCUT2D eigenvalue weighted by Crippen LogP contribution is 2.37. The fourth-order valence-electron chi connectivity index (χ4n) is 3.80. The van der Waals surface area contributed by atoms with Crippen molar-refractivity contribution in [2.24, 2.45) is 14.1 Å². The molecular weight excluding hydrogens is 543 g/mol. The Hall–Kier alpha value is -4.33. The average Bonchev–Trinajstić information content (AvgIpc) is 3.10. The molecule has 3 aromatic carbocycles. The summed E-state index contributed by atoms with van der Waals surface area (Å²) < 4.78 is 90.6. The van der Waals surface area contributed by atoms with Crippen LogP contribution in [0.5, 0.6) is 28.7 Å². The first-order valence-electron chi connectivity index (χ1n) is 11.2. The van der Waals surface area contributed by atoms with Gasteiger partial charge in [0.25, 0.3) is 10.0 Å². The molecule has 14 heteroatoms. The highest BCUT2D eigenvalue weighted by atomic mass is 32.2. The lowest BCUT2D eigenvalue weighted by molar-refractivity contribution is -0.153. The van der Waals surface area contributed by atoms with Gasteiger partial charge in [0.15, 0.2) is 23.9 Å². The highest BCUT2D eigenvalue weighted by Gasteiger charge is 2.28. The van der Waals surface area contributed by atoms with E-state index in [1.807, 2.05) is 0 Å². The number of sulfonamides is 1. The van der Waals surface area contributed by atoms with Gasteiger partial charge >= 0.3 is 11.9 Å². The van der Waals surface area contributed by atoms with E-state index in [1.54, 1.807) is 0 Å². The molecule has 0 aliphatic heterocycles. The molecule has 0 atom stereocenters. The van der Waals surface area contributed by atoms with Gasteiger partial charge in [0.2, 0.25) is 0 Å². The highest BCUT2D eigenvalue weighted by molar-refractivity contribution is 7.92. The third-order valence-corrected chi connectivity index (χ3v) is 7.08. The molecule has 10 nitrogen and oxygen atoms in total. The average molecular weight is 568 g/mol. The van der Waals surface area contributed by atoms with Crippen LogP contribution < -0.4 is 29.4 Å². The summed E-state index contributed by atoms with van der Waals surface area (Å²) in [5.74, 6) is 0.468. The van der Waals surface area contributed by atoms with Gasteiger partial charge in [-0.3, -0.25) is 13.9 Å². The molecule has 0 unspecified atom stereocenters. The first-order chi connectivity index (χ1) is 18.3. The number of alkyl halides is 3. The zero-order valence-electron chi connectivity index (χ0n) is 21.2. The number of fused-ring (bicyclic) bond motifs is 1. The topological polar surface area (TPSA) is 110 Å². The van der Waals surface area contributed by atoms with Crippen LogP contribution in [0.15, 0.2) is 64.3 Å². The number of nitrogens with zero attached hydrogens (tertiary/aromatic N) is 2. The SMILES string of the molecule is COc1ccc(S(=O)(=O)Nc2cc3c(cc2Oc2cccc(OCC(F)(F)F)c2)n(C)c(=O)n3C)cc1OC. The van der Waals surface area contributed by atoms with Gasteiger partial charge in [0.05, 0.1) is 35.8 Å². The molecule has 4 rings (SSSR count). The second-order valence-electron chi connectivity index (χ2n) is 8.34. The molecule has 0 amide bonds. The lowest BCUT2D eigenvalue weighted by atomic mass is 10.2. The summed E-state index contributed by atoms with van der Waals surface area (Å²) >= 11 is 0. The predicted molar refractivity (Wildman–Crippen MR) is 137 cm³/mol. The van der Waals surface area contributed by atoms with Crippen LogP contribution in [-0.2, 0) is 24.1 Å². The van der Waals surface area contributed by atoms with E-state index in [2.05, 4.69) is 4.72 Å². The maximum absolute atomic E-state index is 13.3. The zero-order valence-corrected chi connectivity index (χ0v) is 22.0. The molecule has 0 fully saturated rings. The third-order valence-electron chi connectivity index (χ3n) is 5.72. The van der Waals surface area contributed by atoms with Gasteiger partial charge in [-0.1, -0.05) is 6.07 Å². The Morgan fingerprint density at radius 2 is 1.49 bits per heavy atom. The van der Waals surface area contributed by atoms with Crippen LogP contribution in [0.25, 0.3) is 11.0 Å². The van der Waals surface area contributed by atoms with Gasteiger partial charge in [0, 0.05) is 32.3 Å². The molecular formula is C25H24F3N3O7S. The van der Waals surface area contributed by atoms with Gasteiger partial charge in [-0.2, -0.15) is 13.2 Å². The number of aromatic nitrogens is 2. The molecule has 0 aliphatic rings. The Bertz CT molecular complexity index is 1700. The Labute approximate surface area is 221 Å². The summed E-state index contributed by atoms with van der Waals surface area (Å²) in [6, 6.07) is 12.3. The summed E-state index contributed by atoms with van der Waals surface area (Å²) in [5, 5.41) is 0. The van der Waals surface area contributed by atoms with Crippen LogP contribution in [0.4, 0.5) is 18.9 Å². The third kappa shape index (κ3) is 5.90. The minimum atomic E-state index is -4.53. The molecule has 0 spiro atoms. The molecule has 0 aliphatic carbocycles. The summed E-state index contributed by atoms with van der Waals surface area (Å²) in [6.07, 6.45) is -4.53. The number of anilines is 1. The minimum Gasteiger partial charge on any atom is -0.493 e. The van der Waals surface area contributed by atoms with Gasteiger partial charge in [0.1, 0.15) is 11.5 Å². The van der Waals surface area contributed by atoms with Gasteiger partial charge in [-0.15, -0.1) is 0 Å². The first-order valence-corrected chi connectivity index (χ1v) is 12.7. The summed E-state index contributed by atoms with van der Waals surface area (Å²) in [7, 11) is 1.63. The summed E-state index contributed by atoms with van der Waals surface area (Å²) in [5.41, 5.74) is 0.441. The van der Waals surface area contributed by atoms with Crippen LogP contribution >= 0.6 is 0 Å². The number of nitrogens with one attached hydrogen (secondary N) is 1. The molecule has 1 heterocycles. The maximum atomic E-state index is 13.3. The van der Waals surface area contributed by atoms with Gasteiger partial charge < -0.3 is 18.9 Å². The molecule has 39 heavy (non-hydrogen) atoms. The van der Waals surface area contributed by atoms with Crippen molar-refractivity contribution in [3.05, 3.63) is 65.1 Å². The summed E-state index contributed by atoms with van der Waals surface area (Å²) in [6.45, 7) is -1.50. The van der Waals surface area contributed by atoms with E-state index in [-0.39, 0.29) is 39.3 Å². The van der Waals surface area contributed by atoms with E-state index in [1.165, 1.54) is 92.0 Å². The van der Waals surface area contributed by atoms with E-state index in [9.17, 15) is 26.4 Å². The zero-order chi connectivity index (χ0) is 28.5. The fourth-order valence-corrected chi connectivity index (χ4v) is 4.87. The number of hydrogen-bond donors (Lipinski definition) is 1. The van der Waals surface area contributed by atoms with E-state index in [0.717, 1.165) is 0 Å². The van der Waals surface area contributed by atoms with E-state index in [0.29, 0.717) is 16.8 Å². The number of imidazole rings is 1. The van der Waals surface area contributed by atoms with Crippen molar-refractivity contribution in [1.29, 1.82) is 0 Å². The fraction of sp³-hybridized carbons (Fsp3) is 0.240. The molecule has 0 radical (unpaired) electrons. The van der Waals surface area contributed by atoms with Crippen molar-refractivity contribution in [2.45, 2.75) is 11.1 Å². The molecule has 0 saturated carbocycles. The Morgan fingerprint density at radius 1 is 0.846 bits per heavy atom. The number of aryl methyl sites for hydroxylation is 2. The van der Waals surface area contributed by atoms with E-state index < -0.39 is 22.8 Å². The van der Waals surface area contributed by atoms with Crippen molar-refractivity contribution in [3.63, 3.8) is 0 Å². The van der Waals surface area contributed by atoms with Crippen LogP contribution in [0.1, 0.15) is 0 Å². The Balaban J connectivity index is 1.77. The molecule has 1 N–H and O–H groups in total.